The minimum atomic E-state index is -2.76. The van der Waals surface area contributed by atoms with Crippen molar-refractivity contribution >= 4 is 5.97 Å². The van der Waals surface area contributed by atoms with Crippen molar-refractivity contribution in [2.24, 2.45) is 0 Å². The van der Waals surface area contributed by atoms with Gasteiger partial charge in [0.15, 0.2) is 0 Å². The van der Waals surface area contributed by atoms with Crippen molar-refractivity contribution in [3.63, 3.8) is 0 Å². The van der Waals surface area contributed by atoms with Crippen molar-refractivity contribution < 1.29 is 28.2 Å². The number of hydrogen-bond donors (Lipinski definition) is 2. The molecule has 2 N–H and O–H groups in total. The highest BCUT2D eigenvalue weighted by molar-refractivity contribution is 5.73. The first-order chi connectivity index (χ1) is 10.9. The molecule has 23 heavy (non-hydrogen) atoms. The number of rotatable bonds is 6. The van der Waals surface area contributed by atoms with E-state index in [4.69, 9.17) is 5.11 Å². The summed E-state index contributed by atoms with van der Waals surface area (Å²) in [6.07, 6.45) is -7.97. The monoisotopic (exact) mass is 324 g/mol. The van der Waals surface area contributed by atoms with Crippen LogP contribution < -0.4 is 0 Å². The first-order valence-electron chi connectivity index (χ1n) is 6.93. The molecule has 0 amide bonds. The van der Waals surface area contributed by atoms with Crippen molar-refractivity contribution in [3.05, 3.63) is 59.9 Å². The molecule has 2 aromatic carbocycles. The predicted octanol–water partition coefficient (Wildman–Crippen LogP) is 3.16. The fraction of sp³-hybridized carbons (Fsp3) is 0.235. The summed E-state index contributed by atoms with van der Waals surface area (Å²) in [6, 6.07) is 12.9. The average molecular weight is 324 g/mol. The van der Waals surface area contributed by atoms with E-state index in [9.17, 15) is 23.1 Å². The van der Waals surface area contributed by atoms with Crippen LogP contribution >= 0.6 is 0 Å². The van der Waals surface area contributed by atoms with Crippen LogP contribution in [0.3, 0.4) is 0 Å². The number of benzene rings is 2. The molecule has 0 spiro atoms. The Morgan fingerprint density at radius 3 is 2.30 bits per heavy atom. The summed E-state index contributed by atoms with van der Waals surface area (Å²) >= 11 is 0. The third-order valence-corrected chi connectivity index (χ3v) is 3.48. The van der Waals surface area contributed by atoms with Gasteiger partial charge >= 0.3 is 5.97 Å². The highest BCUT2D eigenvalue weighted by atomic mass is 19.1. The molecule has 3 nitrogen and oxygen atoms in total. The van der Waals surface area contributed by atoms with E-state index in [1.807, 2.05) is 0 Å². The molecule has 0 saturated carbocycles. The van der Waals surface area contributed by atoms with E-state index in [1.54, 1.807) is 30.3 Å². The van der Waals surface area contributed by atoms with Crippen LogP contribution in [0.2, 0.25) is 0 Å². The summed E-state index contributed by atoms with van der Waals surface area (Å²) in [5.41, 5.74) is 0.784. The van der Waals surface area contributed by atoms with E-state index in [0.29, 0.717) is 5.56 Å². The molecular formula is C17H15F3O3. The normalized spacial score (nSPS) is 15.0. The van der Waals surface area contributed by atoms with Crippen LogP contribution in [0.15, 0.2) is 48.5 Å². The lowest BCUT2D eigenvalue weighted by atomic mass is 9.97. The number of carboxylic acid groups (broad SMARTS) is 1. The second-order valence-corrected chi connectivity index (χ2v) is 5.10. The Kier molecular flexibility index (Phi) is 5.39. The molecule has 3 atom stereocenters. The van der Waals surface area contributed by atoms with E-state index in [1.165, 1.54) is 18.2 Å². The Bertz CT molecular complexity index is 676. The third kappa shape index (κ3) is 3.90. The second-order valence-electron chi connectivity index (χ2n) is 5.10. The Labute approximate surface area is 131 Å². The summed E-state index contributed by atoms with van der Waals surface area (Å²) in [4.78, 5) is 10.4. The van der Waals surface area contributed by atoms with E-state index in [2.05, 4.69) is 0 Å². The van der Waals surface area contributed by atoms with Crippen LogP contribution in [0.4, 0.5) is 13.2 Å². The zero-order valence-corrected chi connectivity index (χ0v) is 12.0. The Hall–Kier alpha value is -2.34. The highest BCUT2D eigenvalue weighted by Gasteiger charge is 2.33. The van der Waals surface area contributed by atoms with Crippen molar-refractivity contribution in [2.45, 2.75) is 24.9 Å². The Morgan fingerprint density at radius 2 is 1.70 bits per heavy atom. The van der Waals surface area contributed by atoms with Gasteiger partial charge in [0.05, 0.1) is 0 Å². The lowest BCUT2D eigenvalue weighted by Crippen LogP contribution is -2.38. The molecule has 0 aliphatic heterocycles. The molecule has 0 fully saturated rings. The maximum atomic E-state index is 14.5. The number of hydrogen-bond acceptors (Lipinski definition) is 2. The maximum Gasteiger partial charge on any atom is 0.341 e. The van der Waals surface area contributed by atoms with Gasteiger partial charge in [0.2, 0.25) is 6.17 Å². The molecule has 0 bridgehead atoms. The number of halogens is 3. The van der Waals surface area contributed by atoms with Gasteiger partial charge in [-0.15, -0.1) is 0 Å². The summed E-state index contributed by atoms with van der Waals surface area (Å²) in [7, 11) is 0. The molecule has 3 unspecified atom stereocenters. The molecule has 0 aromatic heterocycles. The fourth-order valence-electron chi connectivity index (χ4n) is 2.24. The van der Waals surface area contributed by atoms with Crippen LogP contribution in [0, 0.1) is 5.82 Å². The van der Waals surface area contributed by atoms with Crippen LogP contribution in [-0.4, -0.2) is 34.6 Å². The van der Waals surface area contributed by atoms with Gasteiger partial charge in [-0.25, -0.2) is 18.0 Å². The molecule has 0 saturated heterocycles. The molecule has 2 aromatic rings. The molecule has 0 aliphatic rings. The largest absolute Gasteiger partial charge is 0.479 e. The lowest BCUT2D eigenvalue weighted by Gasteiger charge is -2.18. The topological polar surface area (TPSA) is 57.5 Å². The van der Waals surface area contributed by atoms with E-state index >= 15 is 0 Å². The summed E-state index contributed by atoms with van der Waals surface area (Å²) in [6.45, 7) is 0. The number of aliphatic hydroxyl groups is 1. The minimum Gasteiger partial charge on any atom is -0.479 e. The van der Waals surface area contributed by atoms with Crippen LogP contribution in [0.25, 0.3) is 11.1 Å². The molecule has 0 heterocycles. The molecule has 0 radical (unpaired) electrons. The SMILES string of the molecule is O=C(O)C(F)C(O)C(F)Cc1cccc(-c2ccccc2)c1F. The number of aliphatic hydroxyl groups excluding tert-OH is 1. The Morgan fingerprint density at radius 1 is 1.04 bits per heavy atom. The van der Waals surface area contributed by atoms with E-state index < -0.39 is 36.7 Å². The Balaban J connectivity index is 2.23. The summed E-state index contributed by atoms with van der Waals surface area (Å²) in [5.74, 6) is -2.64. The minimum absolute atomic E-state index is 0.0597. The maximum absolute atomic E-state index is 14.5. The number of aliphatic carboxylic acids is 1. The van der Waals surface area contributed by atoms with Crippen LogP contribution in [0.1, 0.15) is 5.56 Å². The van der Waals surface area contributed by atoms with Crippen molar-refractivity contribution in [1.82, 2.24) is 0 Å². The predicted molar refractivity (Wildman–Crippen MR) is 79.0 cm³/mol. The van der Waals surface area contributed by atoms with Crippen LogP contribution in [-0.2, 0) is 11.2 Å². The van der Waals surface area contributed by atoms with Gasteiger partial charge in [0.1, 0.15) is 18.1 Å². The smallest absolute Gasteiger partial charge is 0.341 e. The summed E-state index contributed by atoms with van der Waals surface area (Å²) in [5, 5.41) is 17.8. The fourth-order valence-corrected chi connectivity index (χ4v) is 2.24. The van der Waals surface area contributed by atoms with Gasteiger partial charge in [-0.3, -0.25) is 0 Å². The number of carbonyl (C=O) groups is 1. The molecule has 6 heteroatoms. The summed E-state index contributed by atoms with van der Waals surface area (Å²) < 4.78 is 41.5. The van der Waals surface area contributed by atoms with Crippen molar-refractivity contribution in [1.29, 1.82) is 0 Å². The van der Waals surface area contributed by atoms with Gasteiger partial charge in [-0.05, 0) is 11.1 Å². The highest BCUT2D eigenvalue weighted by Crippen LogP contribution is 2.26. The van der Waals surface area contributed by atoms with Crippen molar-refractivity contribution in [2.75, 3.05) is 0 Å². The van der Waals surface area contributed by atoms with E-state index in [0.717, 1.165) is 0 Å². The first kappa shape index (κ1) is 17.0. The molecule has 122 valence electrons. The third-order valence-electron chi connectivity index (χ3n) is 3.48. The van der Waals surface area contributed by atoms with E-state index in [-0.39, 0.29) is 11.1 Å². The van der Waals surface area contributed by atoms with Crippen molar-refractivity contribution in [3.8, 4) is 11.1 Å². The number of carboxylic acids is 1. The standard InChI is InChI=1S/C17H15F3O3/c18-13(16(21)15(20)17(22)23)9-11-7-4-8-12(14(11)19)10-5-2-1-3-6-10/h1-8,13,15-16,21H,9H2,(H,22,23). The second kappa shape index (κ2) is 7.28. The molecule has 2 rings (SSSR count). The van der Waals surface area contributed by atoms with Gasteiger partial charge in [0.25, 0.3) is 0 Å². The first-order valence-corrected chi connectivity index (χ1v) is 6.93. The van der Waals surface area contributed by atoms with Gasteiger partial charge in [-0.2, -0.15) is 0 Å². The quantitative estimate of drug-likeness (QED) is 0.858. The van der Waals surface area contributed by atoms with Gasteiger partial charge in [0, 0.05) is 12.0 Å². The molecule has 0 aliphatic carbocycles. The molecular weight excluding hydrogens is 309 g/mol. The average Bonchev–Trinajstić information content (AvgIpc) is 2.56. The van der Waals surface area contributed by atoms with Gasteiger partial charge < -0.3 is 10.2 Å². The van der Waals surface area contributed by atoms with Gasteiger partial charge in [-0.1, -0.05) is 48.5 Å². The van der Waals surface area contributed by atoms with Crippen LogP contribution in [0.5, 0.6) is 0 Å². The zero-order chi connectivity index (χ0) is 17.0. The zero-order valence-electron chi connectivity index (χ0n) is 12.0. The lowest BCUT2D eigenvalue weighted by molar-refractivity contribution is -0.149. The number of alkyl halides is 2.